The first kappa shape index (κ1) is 24.6. The first-order chi connectivity index (χ1) is 17.1. The molecule has 3 aromatic rings. The Morgan fingerprint density at radius 3 is 2.14 bits per heavy atom. The normalized spacial score (nSPS) is 13.7. The van der Waals surface area contributed by atoms with Crippen LogP contribution in [0.1, 0.15) is 37.6 Å². The summed E-state index contributed by atoms with van der Waals surface area (Å²) in [6.07, 6.45) is -0.334. The highest BCUT2D eigenvalue weighted by molar-refractivity contribution is 6.03. The molecule has 0 bridgehead atoms. The molecule has 0 spiro atoms. The summed E-state index contributed by atoms with van der Waals surface area (Å²) in [5, 5.41) is 12.4. The molecule has 0 aliphatic carbocycles. The molecule has 1 saturated heterocycles. The molecule has 2 amide bonds. The van der Waals surface area contributed by atoms with E-state index in [0.29, 0.717) is 32.7 Å². The number of morpholine rings is 1. The van der Waals surface area contributed by atoms with Gasteiger partial charge in [-0.3, -0.25) is 0 Å². The van der Waals surface area contributed by atoms with E-state index in [4.69, 9.17) is 19.3 Å². The largest absolute Gasteiger partial charge is 0.445 e. The molecule has 4 rings (SSSR count). The molecule has 1 aromatic carbocycles. The third-order valence-electron chi connectivity index (χ3n) is 6.07. The minimum atomic E-state index is -0.498. The molecule has 10 heteroatoms. The highest BCUT2D eigenvalue weighted by Crippen LogP contribution is 2.35. The van der Waals surface area contributed by atoms with Crippen LogP contribution in [0.3, 0.4) is 0 Å². The fourth-order valence-electron chi connectivity index (χ4n) is 4.49. The quantitative estimate of drug-likeness (QED) is 0.506. The van der Waals surface area contributed by atoms with Gasteiger partial charge < -0.3 is 29.7 Å². The second-order valence-electron chi connectivity index (χ2n) is 8.20. The van der Waals surface area contributed by atoms with Gasteiger partial charge in [0.25, 0.3) is 0 Å². The van der Waals surface area contributed by atoms with Crippen LogP contribution in [0.5, 0.6) is 0 Å². The Morgan fingerprint density at radius 2 is 1.54 bits per heavy atom. The van der Waals surface area contributed by atoms with Gasteiger partial charge in [0.15, 0.2) is 5.82 Å². The van der Waals surface area contributed by atoms with E-state index in [1.54, 1.807) is 0 Å². The van der Waals surface area contributed by atoms with Crippen molar-refractivity contribution >= 4 is 34.3 Å². The van der Waals surface area contributed by atoms with Crippen LogP contribution in [0.25, 0.3) is 16.3 Å². The Balaban J connectivity index is 1.89. The fraction of sp³-hybridized carbons (Fsp3) is 0.480. The molecule has 2 aromatic heterocycles. The summed E-state index contributed by atoms with van der Waals surface area (Å²) in [5.74, 6) is 0.883. The van der Waals surface area contributed by atoms with E-state index in [2.05, 4.69) is 27.7 Å². The molecule has 1 fully saturated rings. The number of rotatable bonds is 8. The first-order valence-corrected chi connectivity index (χ1v) is 12.2. The van der Waals surface area contributed by atoms with Gasteiger partial charge in [0.1, 0.15) is 13.2 Å². The van der Waals surface area contributed by atoms with Gasteiger partial charge in [0, 0.05) is 53.8 Å². The van der Waals surface area contributed by atoms with E-state index < -0.39 is 12.2 Å². The standard InChI is InChI=1S/C25H33N5O5/c1-4-21-19(15-34-24(31)26-5-2)20(16-35-25(32)27-6-3)22-17-9-7-8-10-18(17)23(28-30(21)22)29-11-13-33-14-12-29/h7-10H,4-6,11-16H2,1-3H3,(H,26,31)(H,27,32). The highest BCUT2D eigenvalue weighted by atomic mass is 16.6. The molecule has 1 aliphatic rings. The average molecular weight is 484 g/mol. The van der Waals surface area contributed by atoms with Gasteiger partial charge in [-0.15, -0.1) is 5.10 Å². The maximum Gasteiger partial charge on any atom is 0.407 e. The van der Waals surface area contributed by atoms with Gasteiger partial charge in [-0.25, -0.2) is 14.1 Å². The number of fused-ring (bicyclic) bond motifs is 3. The second kappa shape index (κ2) is 11.3. The number of aryl methyl sites for hydroxylation is 1. The van der Waals surface area contributed by atoms with Crippen molar-refractivity contribution in [2.24, 2.45) is 0 Å². The third-order valence-corrected chi connectivity index (χ3v) is 6.07. The molecule has 35 heavy (non-hydrogen) atoms. The Bertz CT molecular complexity index is 1200. The number of anilines is 1. The van der Waals surface area contributed by atoms with Crippen molar-refractivity contribution in [2.45, 2.75) is 40.4 Å². The summed E-state index contributed by atoms with van der Waals surface area (Å²) in [6, 6.07) is 8.10. The minimum absolute atomic E-state index is 0.0337. The summed E-state index contributed by atoms with van der Waals surface area (Å²) < 4.78 is 18.6. The predicted octanol–water partition coefficient (Wildman–Crippen LogP) is 3.38. The van der Waals surface area contributed by atoms with Crippen molar-refractivity contribution in [3.05, 3.63) is 41.1 Å². The van der Waals surface area contributed by atoms with Crippen LogP contribution < -0.4 is 15.5 Å². The SMILES string of the molecule is CCNC(=O)OCc1c(COC(=O)NCC)c2c3ccccc3c(N3CCOCC3)nn2c1CC. The Kier molecular flexibility index (Phi) is 7.91. The number of hydrogen-bond acceptors (Lipinski definition) is 7. The van der Waals surface area contributed by atoms with Crippen molar-refractivity contribution in [1.82, 2.24) is 20.2 Å². The second-order valence-corrected chi connectivity index (χ2v) is 8.20. The van der Waals surface area contributed by atoms with Crippen LogP contribution in [0.15, 0.2) is 24.3 Å². The van der Waals surface area contributed by atoms with E-state index in [1.807, 2.05) is 37.4 Å². The predicted molar refractivity (Wildman–Crippen MR) is 133 cm³/mol. The maximum absolute atomic E-state index is 12.1. The zero-order valence-corrected chi connectivity index (χ0v) is 20.6. The number of alkyl carbamates (subject to hydrolysis) is 2. The van der Waals surface area contributed by atoms with Crippen LogP contribution in [-0.2, 0) is 33.8 Å². The van der Waals surface area contributed by atoms with E-state index >= 15 is 0 Å². The Labute approximate surface area is 204 Å². The highest BCUT2D eigenvalue weighted by Gasteiger charge is 2.25. The van der Waals surface area contributed by atoms with Crippen LogP contribution in [0, 0.1) is 0 Å². The lowest BCUT2D eigenvalue weighted by Crippen LogP contribution is -2.37. The fourth-order valence-corrected chi connectivity index (χ4v) is 4.49. The number of amides is 2. The lowest BCUT2D eigenvalue weighted by molar-refractivity contribution is 0.122. The van der Waals surface area contributed by atoms with Gasteiger partial charge in [0.2, 0.25) is 0 Å². The van der Waals surface area contributed by atoms with Gasteiger partial charge in [-0.2, -0.15) is 0 Å². The minimum Gasteiger partial charge on any atom is -0.445 e. The molecular weight excluding hydrogens is 450 g/mol. The van der Waals surface area contributed by atoms with Crippen LogP contribution in [0.4, 0.5) is 15.4 Å². The van der Waals surface area contributed by atoms with Crippen LogP contribution in [0.2, 0.25) is 0 Å². The van der Waals surface area contributed by atoms with Gasteiger partial charge in [-0.1, -0.05) is 31.2 Å². The molecular formula is C25H33N5O5. The topological polar surface area (TPSA) is 106 Å². The maximum atomic E-state index is 12.1. The number of nitrogens with one attached hydrogen (secondary N) is 2. The Hall–Kier alpha value is -3.53. The van der Waals surface area contributed by atoms with E-state index in [-0.39, 0.29) is 13.2 Å². The monoisotopic (exact) mass is 483 g/mol. The molecule has 3 heterocycles. The molecule has 0 unspecified atom stereocenters. The molecule has 2 N–H and O–H groups in total. The summed E-state index contributed by atoms with van der Waals surface area (Å²) >= 11 is 0. The average Bonchev–Trinajstić information content (AvgIpc) is 3.19. The van der Waals surface area contributed by atoms with E-state index in [1.165, 1.54) is 0 Å². The smallest absolute Gasteiger partial charge is 0.407 e. The number of hydrogen-bond donors (Lipinski definition) is 2. The molecule has 0 saturated carbocycles. The van der Waals surface area contributed by atoms with Crippen molar-refractivity contribution in [3.63, 3.8) is 0 Å². The van der Waals surface area contributed by atoms with Crippen LogP contribution in [-0.4, -0.2) is 61.2 Å². The number of aromatic nitrogens is 2. The zero-order chi connectivity index (χ0) is 24.8. The summed E-state index contributed by atoms with van der Waals surface area (Å²) in [7, 11) is 0. The van der Waals surface area contributed by atoms with Crippen molar-refractivity contribution < 1.29 is 23.8 Å². The lowest BCUT2D eigenvalue weighted by atomic mass is 10.1. The van der Waals surface area contributed by atoms with Crippen molar-refractivity contribution in [1.29, 1.82) is 0 Å². The van der Waals surface area contributed by atoms with Gasteiger partial charge in [-0.05, 0) is 20.3 Å². The molecule has 0 atom stereocenters. The van der Waals surface area contributed by atoms with Gasteiger partial charge >= 0.3 is 12.2 Å². The van der Waals surface area contributed by atoms with E-state index in [9.17, 15) is 9.59 Å². The molecule has 0 radical (unpaired) electrons. The molecule has 1 aliphatic heterocycles. The molecule has 10 nitrogen and oxygen atoms in total. The number of nitrogens with zero attached hydrogens (tertiary/aromatic N) is 3. The first-order valence-electron chi connectivity index (χ1n) is 12.2. The van der Waals surface area contributed by atoms with Crippen LogP contribution >= 0.6 is 0 Å². The summed E-state index contributed by atoms with van der Waals surface area (Å²) in [6.45, 7) is 9.54. The van der Waals surface area contributed by atoms with Gasteiger partial charge in [0.05, 0.1) is 18.7 Å². The van der Waals surface area contributed by atoms with E-state index in [0.717, 1.165) is 52.0 Å². The van der Waals surface area contributed by atoms with Crippen molar-refractivity contribution in [3.8, 4) is 0 Å². The third kappa shape index (κ3) is 5.12. The zero-order valence-electron chi connectivity index (χ0n) is 20.6. The number of ether oxygens (including phenoxy) is 3. The summed E-state index contributed by atoms with van der Waals surface area (Å²) in [5.41, 5.74) is 3.36. The molecule has 188 valence electrons. The lowest BCUT2D eigenvalue weighted by Gasteiger charge is -2.29. The Morgan fingerprint density at radius 1 is 0.943 bits per heavy atom. The number of benzene rings is 1. The number of carbonyl (C=O) groups excluding carboxylic acids is 2. The van der Waals surface area contributed by atoms with Crippen molar-refractivity contribution in [2.75, 3.05) is 44.3 Å². The number of carbonyl (C=O) groups is 2. The summed E-state index contributed by atoms with van der Waals surface area (Å²) in [4.78, 5) is 26.5.